The molecule has 5 nitrogen and oxygen atoms in total. The van der Waals surface area contributed by atoms with E-state index in [-0.39, 0.29) is 10.0 Å². The fraction of sp³-hybridized carbons (Fsp3) is 0.625. The number of aryl methyl sites for hydroxylation is 1. The van der Waals surface area contributed by atoms with Crippen molar-refractivity contribution in [2.45, 2.75) is 46.3 Å². The fourth-order valence-corrected chi connectivity index (χ4v) is 5.87. The number of hydrogen-bond acceptors (Lipinski definition) is 5. The van der Waals surface area contributed by atoms with Crippen LogP contribution in [0, 0.1) is 0 Å². The van der Waals surface area contributed by atoms with Gasteiger partial charge in [-0.3, -0.25) is 0 Å². The lowest BCUT2D eigenvalue weighted by Gasteiger charge is -2.28. The van der Waals surface area contributed by atoms with Crippen LogP contribution in [0.15, 0.2) is 18.2 Å². The molecular weight excluding hydrogens is 328 g/mol. The number of hydrogen-bond donors (Lipinski definition) is 0. The molecule has 128 valence electrons. The Bertz CT molecular complexity index is 467. The van der Waals surface area contributed by atoms with Gasteiger partial charge in [-0.05, 0) is 51.3 Å². The molecule has 0 atom stereocenters. The Kier molecular flexibility index (Phi) is 7.74. The molecule has 0 bridgehead atoms. The molecule has 1 aromatic rings. The maximum atomic E-state index is 5.89. The molecule has 2 rings (SSSR count). The molecule has 0 saturated heterocycles. The summed E-state index contributed by atoms with van der Waals surface area (Å²) in [6.07, 6.45) is 1.95. The van der Waals surface area contributed by atoms with Crippen molar-refractivity contribution in [3.8, 4) is 5.75 Å². The van der Waals surface area contributed by atoms with Crippen molar-refractivity contribution in [2.24, 2.45) is 0 Å². The van der Waals surface area contributed by atoms with Crippen molar-refractivity contribution in [1.29, 1.82) is 0 Å². The summed E-state index contributed by atoms with van der Waals surface area (Å²) in [4.78, 5) is 0. The molecule has 2 radical (unpaired) electrons. The second-order valence-electron chi connectivity index (χ2n) is 5.25. The zero-order chi connectivity index (χ0) is 16.5. The average Bonchev–Trinajstić information content (AvgIpc) is 2.55. The standard InChI is InChI=1S/C16H26O5Si2/c1-4-18-23(19-5-2,20-6-3)11-7-8-14-9-10-16-15(12-14)13-17-22-21-16/h9-10,12H,4-8,11,13H2,1-3H3. The lowest BCUT2D eigenvalue weighted by Crippen LogP contribution is -2.46. The van der Waals surface area contributed by atoms with Crippen LogP contribution in [0.25, 0.3) is 0 Å². The van der Waals surface area contributed by atoms with Crippen LogP contribution in [0.4, 0.5) is 0 Å². The first kappa shape index (κ1) is 18.6. The first-order valence-corrected chi connectivity index (χ1v) is 11.0. The molecule has 23 heavy (non-hydrogen) atoms. The van der Waals surface area contributed by atoms with E-state index in [4.69, 9.17) is 22.1 Å². The molecular formula is C16H26O5Si2. The van der Waals surface area contributed by atoms with Crippen LogP contribution in [0.3, 0.4) is 0 Å². The molecule has 0 spiro atoms. The van der Waals surface area contributed by atoms with E-state index in [2.05, 4.69) is 12.1 Å². The third-order valence-electron chi connectivity index (χ3n) is 3.60. The zero-order valence-corrected chi connectivity index (χ0v) is 16.2. The first-order chi connectivity index (χ1) is 11.2. The fourth-order valence-electron chi connectivity index (χ4n) is 2.69. The quantitative estimate of drug-likeness (QED) is 0.604. The second-order valence-corrected chi connectivity index (χ2v) is 8.64. The lowest BCUT2D eigenvalue weighted by atomic mass is 10.1. The molecule has 0 aromatic heterocycles. The lowest BCUT2D eigenvalue weighted by molar-refractivity contribution is 0.0708. The van der Waals surface area contributed by atoms with Gasteiger partial charge < -0.3 is 22.1 Å². The molecule has 0 saturated carbocycles. The van der Waals surface area contributed by atoms with Gasteiger partial charge in [0.1, 0.15) is 5.75 Å². The Morgan fingerprint density at radius 3 is 2.43 bits per heavy atom. The van der Waals surface area contributed by atoms with Crippen LogP contribution in [-0.2, 0) is 30.7 Å². The smallest absolute Gasteiger partial charge is 0.517 e. The van der Waals surface area contributed by atoms with Crippen molar-refractivity contribution < 1.29 is 22.1 Å². The van der Waals surface area contributed by atoms with Crippen molar-refractivity contribution in [3.63, 3.8) is 0 Å². The molecule has 0 unspecified atom stereocenters. The van der Waals surface area contributed by atoms with Crippen LogP contribution < -0.4 is 4.43 Å². The van der Waals surface area contributed by atoms with Crippen LogP contribution in [0.1, 0.15) is 38.3 Å². The van der Waals surface area contributed by atoms with Crippen LogP contribution in [-0.4, -0.2) is 38.6 Å². The minimum absolute atomic E-state index is 0.114. The van der Waals surface area contributed by atoms with Crippen LogP contribution in [0.5, 0.6) is 5.75 Å². The van der Waals surface area contributed by atoms with Crippen molar-refractivity contribution in [3.05, 3.63) is 29.3 Å². The summed E-state index contributed by atoms with van der Waals surface area (Å²) < 4.78 is 28.5. The summed E-state index contributed by atoms with van der Waals surface area (Å²) in [5.74, 6) is 0.944. The molecule has 7 heteroatoms. The highest BCUT2D eigenvalue weighted by atomic mass is 28.4. The van der Waals surface area contributed by atoms with Crippen molar-refractivity contribution in [2.75, 3.05) is 19.8 Å². The van der Waals surface area contributed by atoms with Gasteiger partial charge in [-0.15, -0.1) is 0 Å². The summed E-state index contributed by atoms with van der Waals surface area (Å²) in [6, 6.07) is 7.18. The molecule has 1 heterocycles. The predicted octanol–water partition coefficient (Wildman–Crippen LogP) is 3.11. The van der Waals surface area contributed by atoms with Gasteiger partial charge in [-0.1, -0.05) is 6.07 Å². The van der Waals surface area contributed by atoms with Gasteiger partial charge in [0.05, 0.1) is 6.61 Å². The maximum Gasteiger partial charge on any atom is 0.521 e. The van der Waals surface area contributed by atoms with Gasteiger partial charge in [0.15, 0.2) is 0 Å². The van der Waals surface area contributed by atoms with Gasteiger partial charge in [-0.25, -0.2) is 0 Å². The third-order valence-corrected chi connectivity index (χ3v) is 7.32. The normalized spacial score (nSPS) is 14.4. The predicted molar refractivity (Wildman–Crippen MR) is 91.4 cm³/mol. The summed E-state index contributed by atoms with van der Waals surface area (Å²) >= 11 is 0. The molecule has 1 aliphatic rings. The SMILES string of the molecule is CCO[Si](CCCc1ccc2c(c1)CO[Si]O2)(OCC)OCC. The van der Waals surface area contributed by atoms with Crippen LogP contribution >= 0.6 is 0 Å². The molecule has 0 N–H and O–H groups in total. The van der Waals surface area contributed by atoms with E-state index in [1.54, 1.807) is 0 Å². The van der Waals surface area contributed by atoms with Crippen molar-refractivity contribution in [1.82, 2.24) is 0 Å². The number of fused-ring (bicyclic) bond motifs is 1. The Hall–Kier alpha value is -0.706. The van der Waals surface area contributed by atoms with Gasteiger partial charge in [0.2, 0.25) is 0 Å². The van der Waals surface area contributed by atoms with Crippen molar-refractivity contribution >= 4 is 18.8 Å². The molecule has 0 amide bonds. The highest BCUT2D eigenvalue weighted by molar-refractivity contribution is 6.60. The second kappa shape index (κ2) is 9.56. The monoisotopic (exact) mass is 354 g/mol. The Morgan fingerprint density at radius 2 is 1.78 bits per heavy atom. The Labute approximate surface area is 142 Å². The number of rotatable bonds is 10. The molecule has 0 aliphatic carbocycles. The molecule has 1 aliphatic heterocycles. The Morgan fingerprint density at radius 1 is 1.09 bits per heavy atom. The third kappa shape index (κ3) is 5.41. The topological polar surface area (TPSA) is 46.2 Å². The van der Waals surface area contributed by atoms with E-state index in [0.29, 0.717) is 26.4 Å². The summed E-state index contributed by atoms with van der Waals surface area (Å²) in [5, 5.41) is 0. The van der Waals surface area contributed by atoms with E-state index in [1.807, 2.05) is 26.8 Å². The van der Waals surface area contributed by atoms with Gasteiger partial charge in [0, 0.05) is 31.4 Å². The summed E-state index contributed by atoms with van der Waals surface area (Å²) in [5.41, 5.74) is 2.41. The van der Waals surface area contributed by atoms with Gasteiger partial charge in [0.25, 0.3) is 0 Å². The minimum Gasteiger partial charge on any atom is -0.517 e. The Balaban J connectivity index is 1.93. The molecule has 0 fully saturated rings. The number of benzene rings is 1. The minimum atomic E-state index is -2.53. The largest absolute Gasteiger partial charge is 0.521 e. The first-order valence-electron chi connectivity index (χ1n) is 8.30. The van der Waals surface area contributed by atoms with E-state index >= 15 is 0 Å². The average molecular weight is 355 g/mol. The molecule has 1 aromatic carbocycles. The summed E-state index contributed by atoms with van der Waals surface area (Å²) in [6.45, 7) is 8.48. The van der Waals surface area contributed by atoms with E-state index in [9.17, 15) is 0 Å². The summed E-state index contributed by atoms with van der Waals surface area (Å²) in [7, 11) is -2.41. The van der Waals surface area contributed by atoms with Gasteiger partial charge in [-0.2, -0.15) is 0 Å². The highest BCUT2D eigenvalue weighted by Gasteiger charge is 2.39. The highest BCUT2D eigenvalue weighted by Crippen LogP contribution is 2.25. The van der Waals surface area contributed by atoms with Crippen LogP contribution in [0.2, 0.25) is 6.04 Å². The maximum absolute atomic E-state index is 5.89. The zero-order valence-electron chi connectivity index (χ0n) is 14.2. The van der Waals surface area contributed by atoms with E-state index < -0.39 is 8.80 Å². The van der Waals surface area contributed by atoms with E-state index in [1.165, 1.54) is 5.56 Å². The van der Waals surface area contributed by atoms with E-state index in [0.717, 1.165) is 30.2 Å². The van der Waals surface area contributed by atoms with Gasteiger partial charge >= 0.3 is 18.8 Å².